The molecule has 0 radical (unpaired) electrons. The molecule has 110 valence electrons. The molecular weight excluding hydrogens is 286 g/mol. The molecule has 1 N–H and O–H groups in total. The Morgan fingerprint density at radius 1 is 1.18 bits per heavy atom. The largest absolute Gasteiger partial charge is 0.508 e. The summed E-state index contributed by atoms with van der Waals surface area (Å²) in [6.45, 7) is 1.61. The molecule has 0 aliphatic heterocycles. The van der Waals surface area contributed by atoms with Crippen LogP contribution in [0.15, 0.2) is 51.7 Å². The smallest absolute Gasteiger partial charge is 0.280 e. The second-order valence-corrected chi connectivity index (χ2v) is 4.84. The van der Waals surface area contributed by atoms with Crippen LogP contribution in [0, 0.1) is 17.0 Å². The van der Waals surface area contributed by atoms with Crippen LogP contribution in [0.1, 0.15) is 5.56 Å². The molecule has 1 aromatic heterocycles. The first-order chi connectivity index (χ1) is 10.5. The lowest BCUT2D eigenvalue weighted by molar-refractivity contribution is -0.384. The molecule has 22 heavy (non-hydrogen) atoms. The Morgan fingerprint density at radius 3 is 2.64 bits per heavy atom. The van der Waals surface area contributed by atoms with Crippen molar-refractivity contribution in [2.75, 3.05) is 0 Å². The summed E-state index contributed by atoms with van der Waals surface area (Å²) in [7, 11) is 0. The van der Waals surface area contributed by atoms with Crippen LogP contribution in [0.5, 0.6) is 5.75 Å². The highest BCUT2D eigenvalue weighted by Gasteiger charge is 2.18. The van der Waals surface area contributed by atoms with Crippen LogP contribution in [-0.2, 0) is 0 Å². The lowest BCUT2D eigenvalue weighted by Gasteiger charge is -2.07. The summed E-state index contributed by atoms with van der Waals surface area (Å²) in [5.41, 5.74) is 0.380. The zero-order chi connectivity index (χ0) is 15.9. The van der Waals surface area contributed by atoms with Crippen LogP contribution in [-0.4, -0.2) is 10.0 Å². The fraction of sp³-hybridized carbons (Fsp3) is 0.0625. The molecule has 3 aromatic rings. The molecule has 0 saturated heterocycles. The first kappa shape index (κ1) is 13.8. The fourth-order valence-electron chi connectivity index (χ4n) is 2.32. The van der Waals surface area contributed by atoms with Crippen LogP contribution < -0.4 is 5.43 Å². The van der Waals surface area contributed by atoms with Crippen molar-refractivity contribution in [3.05, 3.63) is 68.4 Å². The van der Waals surface area contributed by atoms with Gasteiger partial charge in [-0.05, 0) is 25.1 Å². The number of aryl methyl sites for hydroxylation is 1. The highest BCUT2D eigenvalue weighted by atomic mass is 16.6. The van der Waals surface area contributed by atoms with Crippen molar-refractivity contribution in [3.8, 4) is 17.1 Å². The summed E-state index contributed by atoms with van der Waals surface area (Å²) < 4.78 is 5.67. The van der Waals surface area contributed by atoms with E-state index < -0.39 is 4.92 Å². The predicted molar refractivity (Wildman–Crippen MR) is 81.0 cm³/mol. The van der Waals surface area contributed by atoms with Gasteiger partial charge in [0.25, 0.3) is 5.69 Å². The number of nitro groups is 1. The van der Waals surface area contributed by atoms with E-state index in [0.29, 0.717) is 10.9 Å². The van der Waals surface area contributed by atoms with E-state index in [4.69, 9.17) is 4.42 Å². The van der Waals surface area contributed by atoms with Crippen molar-refractivity contribution >= 4 is 16.7 Å². The minimum absolute atomic E-state index is 0.00430. The van der Waals surface area contributed by atoms with Crippen molar-refractivity contribution in [3.63, 3.8) is 0 Å². The molecule has 0 bridgehead atoms. The average Bonchev–Trinajstić information content (AvgIpc) is 2.51. The number of nitrogens with zero attached hydrogens (tertiary/aromatic N) is 1. The lowest BCUT2D eigenvalue weighted by atomic mass is 10.1. The molecule has 6 heteroatoms. The van der Waals surface area contributed by atoms with Crippen LogP contribution in [0.25, 0.3) is 22.3 Å². The van der Waals surface area contributed by atoms with Gasteiger partial charge in [-0.1, -0.05) is 12.1 Å². The predicted octanol–water partition coefficient (Wildman–Crippen LogP) is 3.38. The maximum Gasteiger partial charge on any atom is 0.280 e. The van der Waals surface area contributed by atoms with E-state index in [0.717, 1.165) is 0 Å². The van der Waals surface area contributed by atoms with E-state index in [1.54, 1.807) is 13.0 Å². The van der Waals surface area contributed by atoms with Crippen LogP contribution in [0.4, 0.5) is 5.69 Å². The van der Waals surface area contributed by atoms with E-state index in [9.17, 15) is 20.0 Å². The number of aromatic hydroxyl groups is 1. The Labute approximate surface area is 124 Å². The third-order valence-electron chi connectivity index (χ3n) is 3.48. The molecule has 0 saturated carbocycles. The van der Waals surface area contributed by atoms with Gasteiger partial charge in [-0.3, -0.25) is 14.9 Å². The molecule has 3 rings (SSSR count). The Kier molecular flexibility index (Phi) is 3.14. The second kappa shape index (κ2) is 5.00. The molecule has 6 nitrogen and oxygen atoms in total. The van der Waals surface area contributed by atoms with Crippen LogP contribution >= 0.6 is 0 Å². The molecule has 0 spiro atoms. The van der Waals surface area contributed by atoms with Crippen molar-refractivity contribution < 1.29 is 14.4 Å². The van der Waals surface area contributed by atoms with Crippen LogP contribution in [0.3, 0.4) is 0 Å². The molecular formula is C16H11NO5. The van der Waals surface area contributed by atoms with Gasteiger partial charge in [0.15, 0.2) is 5.43 Å². The molecule has 0 fully saturated rings. The lowest BCUT2D eigenvalue weighted by Crippen LogP contribution is -2.02. The van der Waals surface area contributed by atoms with Crippen molar-refractivity contribution in [2.24, 2.45) is 0 Å². The van der Waals surface area contributed by atoms with Gasteiger partial charge in [0.1, 0.15) is 17.1 Å². The second-order valence-electron chi connectivity index (χ2n) is 4.84. The summed E-state index contributed by atoms with van der Waals surface area (Å²) in [6.07, 6.45) is 0. The van der Waals surface area contributed by atoms with E-state index in [1.807, 2.05) is 0 Å². The molecule has 0 atom stereocenters. The van der Waals surface area contributed by atoms with Gasteiger partial charge >= 0.3 is 0 Å². The zero-order valence-corrected chi connectivity index (χ0v) is 11.6. The minimum Gasteiger partial charge on any atom is -0.508 e. The van der Waals surface area contributed by atoms with E-state index in [-0.39, 0.29) is 33.8 Å². The maximum absolute atomic E-state index is 12.2. The highest BCUT2D eigenvalue weighted by molar-refractivity contribution is 5.84. The molecule has 2 aromatic carbocycles. The number of para-hydroxylation sites is 1. The fourth-order valence-corrected chi connectivity index (χ4v) is 2.32. The SMILES string of the molecule is Cc1c(O)ccc2c(=O)cc(-c3ccccc3[N+](=O)[O-])oc12. The first-order valence-electron chi connectivity index (χ1n) is 6.49. The third-order valence-corrected chi connectivity index (χ3v) is 3.48. The Hall–Kier alpha value is -3.15. The number of benzene rings is 2. The van der Waals surface area contributed by atoms with E-state index >= 15 is 0 Å². The normalized spacial score (nSPS) is 10.8. The number of nitro benzene ring substituents is 1. The zero-order valence-electron chi connectivity index (χ0n) is 11.6. The molecule has 0 unspecified atom stereocenters. The number of phenolic OH excluding ortho intramolecular Hbond substituents is 1. The number of fused-ring (bicyclic) bond motifs is 1. The highest BCUT2D eigenvalue weighted by Crippen LogP contribution is 2.32. The Morgan fingerprint density at radius 2 is 1.91 bits per heavy atom. The summed E-state index contributed by atoms with van der Waals surface area (Å²) in [6, 6.07) is 10.1. The van der Waals surface area contributed by atoms with E-state index in [1.165, 1.54) is 36.4 Å². The third kappa shape index (κ3) is 2.10. The van der Waals surface area contributed by atoms with Gasteiger partial charge in [-0.15, -0.1) is 0 Å². The van der Waals surface area contributed by atoms with Gasteiger partial charge in [0.2, 0.25) is 0 Å². The number of phenols is 1. The first-order valence-corrected chi connectivity index (χ1v) is 6.49. The standard InChI is InChI=1S/C16H11NO5/c1-9-13(18)7-6-11-14(19)8-15(22-16(9)11)10-4-2-3-5-12(10)17(20)21/h2-8,18H,1H3. The van der Waals surface area contributed by atoms with Gasteiger partial charge in [0.05, 0.1) is 15.9 Å². The summed E-state index contributed by atoms with van der Waals surface area (Å²) in [5, 5.41) is 21.2. The summed E-state index contributed by atoms with van der Waals surface area (Å²) in [4.78, 5) is 22.8. The molecule has 0 amide bonds. The number of hydrogen-bond acceptors (Lipinski definition) is 5. The topological polar surface area (TPSA) is 93.6 Å². The van der Waals surface area contributed by atoms with E-state index in [2.05, 4.69) is 0 Å². The van der Waals surface area contributed by atoms with Gasteiger partial charge in [-0.25, -0.2) is 0 Å². The summed E-state index contributed by atoms with van der Waals surface area (Å²) >= 11 is 0. The van der Waals surface area contributed by atoms with Crippen molar-refractivity contribution in [1.82, 2.24) is 0 Å². The van der Waals surface area contributed by atoms with Crippen LogP contribution in [0.2, 0.25) is 0 Å². The van der Waals surface area contributed by atoms with Crippen molar-refractivity contribution in [2.45, 2.75) is 6.92 Å². The Bertz CT molecular complexity index is 958. The molecule has 0 aliphatic rings. The maximum atomic E-state index is 12.2. The Balaban J connectivity index is 2.37. The molecule has 1 heterocycles. The summed E-state index contributed by atoms with van der Waals surface area (Å²) in [5.74, 6) is 0.0915. The van der Waals surface area contributed by atoms with Gasteiger partial charge in [-0.2, -0.15) is 0 Å². The molecule has 0 aliphatic carbocycles. The average molecular weight is 297 g/mol. The number of rotatable bonds is 2. The van der Waals surface area contributed by atoms with Crippen molar-refractivity contribution in [1.29, 1.82) is 0 Å². The number of hydrogen-bond donors (Lipinski definition) is 1. The van der Waals surface area contributed by atoms with Gasteiger partial charge < -0.3 is 9.52 Å². The quantitative estimate of drug-likeness (QED) is 0.578. The van der Waals surface area contributed by atoms with Gasteiger partial charge in [0, 0.05) is 17.7 Å². The monoisotopic (exact) mass is 297 g/mol. The minimum atomic E-state index is -0.533.